The molecule has 1 N–H and O–H groups in total. The third-order valence-corrected chi connectivity index (χ3v) is 6.50. The quantitative estimate of drug-likeness (QED) is 0.223. The fourth-order valence-electron chi connectivity index (χ4n) is 3.79. The molecule has 0 spiro atoms. The molecule has 0 saturated heterocycles. The maximum atomic E-state index is 12.5. The van der Waals surface area contributed by atoms with Crippen molar-refractivity contribution >= 4 is 23.4 Å². The number of nitrogens with zero attached hydrogens (tertiary/aromatic N) is 4. The Labute approximate surface area is 210 Å². The first-order chi connectivity index (χ1) is 17.1. The Morgan fingerprint density at radius 2 is 1.83 bits per heavy atom. The van der Waals surface area contributed by atoms with Gasteiger partial charge in [0.15, 0.2) is 11.0 Å². The lowest BCUT2D eigenvalue weighted by molar-refractivity contribution is -0.116. The third kappa shape index (κ3) is 5.89. The number of rotatable bonds is 10. The van der Waals surface area contributed by atoms with Crippen molar-refractivity contribution < 1.29 is 9.53 Å². The third-order valence-electron chi connectivity index (χ3n) is 5.48. The molecule has 2 aromatic heterocycles. The molecule has 180 valence electrons. The number of anilines is 1. The summed E-state index contributed by atoms with van der Waals surface area (Å²) in [4.78, 5) is 16.8. The second kappa shape index (κ2) is 11.7. The summed E-state index contributed by atoms with van der Waals surface area (Å²) in [6.07, 6.45) is 4.65. The molecule has 7 nitrogen and oxygen atoms in total. The Bertz CT molecular complexity index is 1270. The van der Waals surface area contributed by atoms with Crippen LogP contribution in [0.3, 0.4) is 0 Å². The van der Waals surface area contributed by atoms with Gasteiger partial charge in [0.05, 0.1) is 12.3 Å². The second-order valence-corrected chi connectivity index (χ2v) is 9.11. The number of thioether (sulfide) groups is 1. The topological polar surface area (TPSA) is 81.9 Å². The van der Waals surface area contributed by atoms with E-state index in [4.69, 9.17) is 4.74 Å². The van der Waals surface area contributed by atoms with Crippen LogP contribution in [0, 0.1) is 13.8 Å². The van der Waals surface area contributed by atoms with Gasteiger partial charge in [-0.25, -0.2) is 0 Å². The van der Waals surface area contributed by atoms with E-state index in [1.807, 2.05) is 79.9 Å². The largest absolute Gasteiger partial charge is 0.492 e. The van der Waals surface area contributed by atoms with Crippen molar-refractivity contribution in [2.24, 2.45) is 0 Å². The Kier molecular flexibility index (Phi) is 8.15. The van der Waals surface area contributed by atoms with E-state index in [0.717, 1.165) is 44.7 Å². The lowest BCUT2D eigenvalue weighted by Gasteiger charge is -2.14. The molecular weight excluding hydrogens is 458 g/mol. The lowest BCUT2D eigenvalue weighted by Crippen LogP contribution is -2.13. The van der Waals surface area contributed by atoms with E-state index >= 15 is 0 Å². The minimum absolute atomic E-state index is 0.0159. The number of aromatic nitrogens is 4. The average molecular weight is 488 g/mol. The predicted octanol–water partition coefficient (Wildman–Crippen LogP) is 5.86. The normalized spacial score (nSPS) is 10.8. The first-order valence-corrected chi connectivity index (χ1v) is 12.6. The van der Waals surface area contributed by atoms with Gasteiger partial charge in [-0.15, -0.1) is 10.2 Å². The van der Waals surface area contributed by atoms with Gasteiger partial charge in [-0.05, 0) is 62.6 Å². The van der Waals surface area contributed by atoms with Gasteiger partial charge in [-0.1, -0.05) is 42.1 Å². The van der Waals surface area contributed by atoms with Gasteiger partial charge in [-0.3, -0.25) is 14.3 Å². The summed E-state index contributed by atoms with van der Waals surface area (Å²) in [7, 11) is 0. The maximum absolute atomic E-state index is 12.5. The molecule has 2 aromatic carbocycles. The summed E-state index contributed by atoms with van der Waals surface area (Å²) < 4.78 is 7.89. The summed E-state index contributed by atoms with van der Waals surface area (Å²) in [6.45, 7) is 6.53. The number of pyridine rings is 1. The number of carbonyl (C=O) groups is 1. The second-order valence-electron chi connectivity index (χ2n) is 8.05. The van der Waals surface area contributed by atoms with Gasteiger partial charge in [0.2, 0.25) is 5.91 Å². The molecule has 1 amide bonds. The van der Waals surface area contributed by atoms with Gasteiger partial charge < -0.3 is 10.1 Å². The summed E-state index contributed by atoms with van der Waals surface area (Å²) in [5.41, 5.74) is 4.77. The van der Waals surface area contributed by atoms with Gasteiger partial charge in [0.1, 0.15) is 5.75 Å². The van der Waals surface area contributed by atoms with Crippen LogP contribution in [0.25, 0.3) is 17.1 Å². The van der Waals surface area contributed by atoms with Crippen molar-refractivity contribution in [2.75, 3.05) is 17.7 Å². The molecule has 0 bridgehead atoms. The average Bonchev–Trinajstić information content (AvgIpc) is 3.29. The Morgan fingerprint density at radius 1 is 1.03 bits per heavy atom. The van der Waals surface area contributed by atoms with Gasteiger partial charge in [0, 0.05) is 35.8 Å². The van der Waals surface area contributed by atoms with Crippen molar-refractivity contribution in [1.82, 2.24) is 19.7 Å². The summed E-state index contributed by atoms with van der Waals surface area (Å²) in [5, 5.41) is 12.7. The standard InChI is InChI=1S/C27H29N5O2S/c1-4-34-23-14-6-5-13-22(23)32-26(21-12-8-16-28-18-21)30-31-27(32)35-17-9-15-24(33)29-25-19(2)10-7-11-20(25)3/h5-8,10-14,16,18H,4,9,15,17H2,1-3H3,(H,29,33). The van der Waals surface area contributed by atoms with Crippen LogP contribution in [-0.4, -0.2) is 38.0 Å². The maximum Gasteiger partial charge on any atom is 0.224 e. The molecule has 4 rings (SSSR count). The van der Waals surface area contributed by atoms with Crippen molar-refractivity contribution in [1.29, 1.82) is 0 Å². The molecule has 0 unspecified atom stereocenters. The highest BCUT2D eigenvalue weighted by molar-refractivity contribution is 7.99. The zero-order valence-electron chi connectivity index (χ0n) is 20.2. The molecule has 0 radical (unpaired) electrons. The number of para-hydroxylation sites is 3. The smallest absolute Gasteiger partial charge is 0.224 e. The summed E-state index contributed by atoms with van der Waals surface area (Å²) in [5.74, 6) is 2.19. The van der Waals surface area contributed by atoms with Crippen LogP contribution in [0.2, 0.25) is 0 Å². The number of ether oxygens (including phenoxy) is 1. The van der Waals surface area contributed by atoms with E-state index in [1.54, 1.807) is 24.2 Å². The van der Waals surface area contributed by atoms with E-state index < -0.39 is 0 Å². The van der Waals surface area contributed by atoms with Crippen LogP contribution in [0.5, 0.6) is 5.75 Å². The van der Waals surface area contributed by atoms with E-state index in [0.29, 0.717) is 25.3 Å². The van der Waals surface area contributed by atoms with Crippen molar-refractivity contribution in [3.8, 4) is 22.8 Å². The molecule has 8 heteroatoms. The number of hydrogen-bond donors (Lipinski definition) is 1. The summed E-state index contributed by atoms with van der Waals surface area (Å²) >= 11 is 1.57. The number of hydrogen-bond acceptors (Lipinski definition) is 6. The molecule has 0 aliphatic carbocycles. The highest BCUT2D eigenvalue weighted by atomic mass is 32.2. The van der Waals surface area contributed by atoms with Crippen LogP contribution >= 0.6 is 11.8 Å². The molecule has 0 fully saturated rings. The number of amides is 1. The van der Waals surface area contributed by atoms with Crippen molar-refractivity contribution in [3.05, 3.63) is 78.1 Å². The minimum atomic E-state index is 0.0159. The van der Waals surface area contributed by atoms with Crippen LogP contribution < -0.4 is 10.1 Å². The Morgan fingerprint density at radius 3 is 2.57 bits per heavy atom. The van der Waals surface area contributed by atoms with Crippen molar-refractivity contribution in [3.63, 3.8) is 0 Å². The highest BCUT2D eigenvalue weighted by Gasteiger charge is 2.19. The Hall–Kier alpha value is -3.65. The molecule has 2 heterocycles. The SMILES string of the molecule is CCOc1ccccc1-n1c(SCCCC(=O)Nc2c(C)cccc2C)nnc1-c1cccnc1. The first-order valence-electron chi connectivity index (χ1n) is 11.7. The molecule has 35 heavy (non-hydrogen) atoms. The van der Waals surface area contributed by atoms with Gasteiger partial charge in [0.25, 0.3) is 0 Å². The van der Waals surface area contributed by atoms with Crippen LogP contribution in [-0.2, 0) is 4.79 Å². The molecule has 0 aliphatic heterocycles. The molecule has 0 atom stereocenters. The highest BCUT2D eigenvalue weighted by Crippen LogP contribution is 2.32. The molecule has 4 aromatic rings. The van der Waals surface area contributed by atoms with Gasteiger partial charge >= 0.3 is 0 Å². The Balaban J connectivity index is 1.49. The number of aryl methyl sites for hydroxylation is 2. The molecular formula is C27H29N5O2S. The van der Waals surface area contributed by atoms with Crippen molar-refractivity contribution in [2.45, 2.75) is 38.8 Å². The van der Waals surface area contributed by atoms with Crippen LogP contribution in [0.15, 0.2) is 72.1 Å². The molecule has 0 aliphatic rings. The first kappa shape index (κ1) is 24.5. The zero-order valence-corrected chi connectivity index (χ0v) is 21.0. The predicted molar refractivity (Wildman–Crippen MR) is 140 cm³/mol. The minimum Gasteiger partial charge on any atom is -0.492 e. The van der Waals surface area contributed by atoms with E-state index in [1.165, 1.54) is 0 Å². The van der Waals surface area contributed by atoms with E-state index in [9.17, 15) is 4.79 Å². The monoisotopic (exact) mass is 487 g/mol. The lowest BCUT2D eigenvalue weighted by atomic mass is 10.1. The van der Waals surface area contributed by atoms with Gasteiger partial charge in [-0.2, -0.15) is 0 Å². The fourth-order valence-corrected chi connectivity index (χ4v) is 4.68. The summed E-state index contributed by atoms with van der Waals surface area (Å²) in [6, 6.07) is 17.7. The van der Waals surface area contributed by atoms with E-state index in [-0.39, 0.29) is 5.91 Å². The number of benzene rings is 2. The van der Waals surface area contributed by atoms with Crippen LogP contribution in [0.4, 0.5) is 5.69 Å². The molecule has 0 saturated carbocycles. The number of nitrogens with one attached hydrogen (secondary N) is 1. The fraction of sp³-hybridized carbons (Fsp3) is 0.259. The number of carbonyl (C=O) groups excluding carboxylic acids is 1. The van der Waals surface area contributed by atoms with E-state index in [2.05, 4.69) is 20.5 Å². The zero-order chi connectivity index (χ0) is 24.6. The van der Waals surface area contributed by atoms with Crippen LogP contribution in [0.1, 0.15) is 30.9 Å².